The van der Waals surface area contributed by atoms with Gasteiger partial charge in [-0.25, -0.2) is 0 Å². The predicted molar refractivity (Wildman–Crippen MR) is 75.9 cm³/mol. The second-order valence-electron chi connectivity index (χ2n) is 5.32. The van der Waals surface area contributed by atoms with Crippen LogP contribution in [0.15, 0.2) is 24.3 Å². The quantitative estimate of drug-likeness (QED) is 0.754. The molecule has 1 aromatic rings. The third-order valence-corrected chi connectivity index (χ3v) is 3.48. The van der Waals surface area contributed by atoms with Crippen molar-refractivity contribution in [3.05, 3.63) is 29.8 Å². The Balaban J connectivity index is 1.74. The van der Waals surface area contributed by atoms with Gasteiger partial charge < -0.3 is 15.4 Å². The van der Waals surface area contributed by atoms with E-state index in [1.807, 2.05) is 6.92 Å². The molecule has 2 N–H and O–H groups in total. The van der Waals surface area contributed by atoms with Crippen molar-refractivity contribution < 1.29 is 4.74 Å². The third-order valence-electron chi connectivity index (χ3n) is 3.48. The van der Waals surface area contributed by atoms with Gasteiger partial charge in [0.25, 0.3) is 0 Å². The molecule has 0 bridgehead atoms. The minimum absolute atomic E-state index is 0.103. The zero-order chi connectivity index (χ0) is 13.0. The molecular weight excluding hydrogens is 224 g/mol. The standard InChI is InChI=1S/C15H24N2O/c1-12(16)14-5-7-15(8-6-14)17(2)9-10-18-11-13-3-4-13/h5-8,12-13H,3-4,9-11,16H2,1-2H3. The van der Waals surface area contributed by atoms with E-state index in [0.717, 1.165) is 25.7 Å². The molecule has 1 aliphatic rings. The van der Waals surface area contributed by atoms with Gasteiger partial charge >= 0.3 is 0 Å². The first-order valence-electron chi connectivity index (χ1n) is 6.81. The fourth-order valence-corrected chi connectivity index (χ4v) is 1.90. The van der Waals surface area contributed by atoms with Crippen LogP contribution in [0, 0.1) is 5.92 Å². The Hall–Kier alpha value is -1.06. The molecule has 1 fully saturated rings. The van der Waals surface area contributed by atoms with Gasteiger partial charge in [-0.2, -0.15) is 0 Å². The van der Waals surface area contributed by atoms with Crippen LogP contribution in [0.25, 0.3) is 0 Å². The van der Waals surface area contributed by atoms with Crippen molar-refractivity contribution in [1.29, 1.82) is 0 Å². The molecular formula is C15H24N2O. The van der Waals surface area contributed by atoms with Crippen LogP contribution in [0.1, 0.15) is 31.4 Å². The molecule has 1 unspecified atom stereocenters. The van der Waals surface area contributed by atoms with Crippen molar-refractivity contribution in [3.8, 4) is 0 Å². The highest BCUT2D eigenvalue weighted by Gasteiger charge is 2.20. The van der Waals surface area contributed by atoms with Crippen LogP contribution in [0.4, 0.5) is 5.69 Å². The van der Waals surface area contributed by atoms with Gasteiger partial charge in [0.1, 0.15) is 0 Å². The van der Waals surface area contributed by atoms with Crippen molar-refractivity contribution in [2.24, 2.45) is 11.7 Å². The summed E-state index contributed by atoms with van der Waals surface area (Å²) in [5, 5.41) is 0. The van der Waals surface area contributed by atoms with E-state index in [-0.39, 0.29) is 6.04 Å². The summed E-state index contributed by atoms with van der Waals surface area (Å²) in [7, 11) is 2.10. The summed E-state index contributed by atoms with van der Waals surface area (Å²) in [5.74, 6) is 0.848. The van der Waals surface area contributed by atoms with Gasteiger partial charge in [0.15, 0.2) is 0 Å². The number of anilines is 1. The molecule has 2 rings (SSSR count). The molecule has 18 heavy (non-hydrogen) atoms. The largest absolute Gasteiger partial charge is 0.379 e. The average molecular weight is 248 g/mol. The molecule has 1 aromatic carbocycles. The molecule has 0 spiro atoms. The first-order chi connectivity index (χ1) is 8.66. The molecule has 1 aliphatic carbocycles. The van der Waals surface area contributed by atoms with Gasteiger partial charge in [0, 0.05) is 31.9 Å². The Morgan fingerprint density at radius 3 is 2.56 bits per heavy atom. The number of nitrogens with zero attached hydrogens (tertiary/aromatic N) is 1. The van der Waals surface area contributed by atoms with E-state index in [4.69, 9.17) is 10.5 Å². The number of hydrogen-bond donors (Lipinski definition) is 1. The second kappa shape index (κ2) is 6.21. The Morgan fingerprint density at radius 2 is 2.00 bits per heavy atom. The van der Waals surface area contributed by atoms with Gasteiger partial charge in [-0.3, -0.25) is 0 Å². The maximum Gasteiger partial charge on any atom is 0.0641 e. The third kappa shape index (κ3) is 4.00. The highest BCUT2D eigenvalue weighted by Crippen LogP contribution is 2.28. The van der Waals surface area contributed by atoms with Gasteiger partial charge in [-0.15, -0.1) is 0 Å². The van der Waals surface area contributed by atoms with Gasteiger partial charge in [-0.05, 0) is 43.4 Å². The van der Waals surface area contributed by atoms with Gasteiger partial charge in [0.05, 0.1) is 6.61 Å². The normalized spacial score (nSPS) is 16.6. The smallest absolute Gasteiger partial charge is 0.0641 e. The molecule has 0 aromatic heterocycles. The number of likely N-dealkylation sites (N-methyl/N-ethyl adjacent to an activating group) is 1. The first kappa shape index (κ1) is 13.4. The van der Waals surface area contributed by atoms with E-state index in [1.165, 1.54) is 24.1 Å². The molecule has 0 heterocycles. The highest BCUT2D eigenvalue weighted by atomic mass is 16.5. The summed E-state index contributed by atoms with van der Waals surface area (Å²) >= 11 is 0. The number of benzene rings is 1. The Kier molecular flexibility index (Phi) is 4.61. The highest BCUT2D eigenvalue weighted by molar-refractivity contribution is 5.47. The maximum atomic E-state index is 5.84. The molecule has 0 radical (unpaired) electrons. The van der Waals surface area contributed by atoms with Crippen LogP contribution >= 0.6 is 0 Å². The summed E-state index contributed by atoms with van der Waals surface area (Å²) in [6, 6.07) is 8.55. The summed E-state index contributed by atoms with van der Waals surface area (Å²) in [5.41, 5.74) is 8.23. The van der Waals surface area contributed by atoms with Crippen LogP contribution < -0.4 is 10.6 Å². The van der Waals surface area contributed by atoms with Crippen LogP contribution in [0.5, 0.6) is 0 Å². The van der Waals surface area contributed by atoms with Crippen molar-refractivity contribution >= 4 is 5.69 Å². The lowest BCUT2D eigenvalue weighted by atomic mass is 10.1. The summed E-state index contributed by atoms with van der Waals surface area (Å²) < 4.78 is 5.65. The van der Waals surface area contributed by atoms with Crippen LogP contribution in [0.3, 0.4) is 0 Å². The van der Waals surface area contributed by atoms with Gasteiger partial charge in [-0.1, -0.05) is 12.1 Å². The molecule has 3 nitrogen and oxygen atoms in total. The fraction of sp³-hybridized carbons (Fsp3) is 0.600. The number of nitrogens with two attached hydrogens (primary N) is 1. The second-order valence-corrected chi connectivity index (χ2v) is 5.32. The minimum atomic E-state index is 0.103. The average Bonchev–Trinajstić information content (AvgIpc) is 3.18. The Morgan fingerprint density at radius 1 is 1.33 bits per heavy atom. The van der Waals surface area contributed by atoms with E-state index in [0.29, 0.717) is 0 Å². The zero-order valence-electron chi connectivity index (χ0n) is 11.4. The van der Waals surface area contributed by atoms with E-state index >= 15 is 0 Å². The van der Waals surface area contributed by atoms with Crippen molar-refractivity contribution in [2.75, 3.05) is 31.7 Å². The van der Waals surface area contributed by atoms with Crippen LogP contribution in [-0.2, 0) is 4.74 Å². The first-order valence-corrected chi connectivity index (χ1v) is 6.81. The molecule has 0 amide bonds. The number of rotatable bonds is 7. The molecule has 1 saturated carbocycles. The van der Waals surface area contributed by atoms with Crippen molar-refractivity contribution in [3.63, 3.8) is 0 Å². The molecule has 1 atom stereocenters. The van der Waals surface area contributed by atoms with E-state index in [2.05, 4.69) is 36.2 Å². The zero-order valence-corrected chi connectivity index (χ0v) is 11.4. The predicted octanol–water partition coefficient (Wildman–Crippen LogP) is 2.57. The molecule has 100 valence electrons. The number of hydrogen-bond acceptors (Lipinski definition) is 3. The monoisotopic (exact) mass is 248 g/mol. The fourth-order valence-electron chi connectivity index (χ4n) is 1.90. The summed E-state index contributed by atoms with van der Waals surface area (Å²) in [6.45, 7) is 4.69. The van der Waals surface area contributed by atoms with Crippen molar-refractivity contribution in [2.45, 2.75) is 25.8 Å². The topological polar surface area (TPSA) is 38.5 Å². The Labute approximate surface area is 110 Å². The lowest BCUT2D eigenvalue weighted by molar-refractivity contribution is 0.131. The van der Waals surface area contributed by atoms with Crippen LogP contribution in [-0.4, -0.2) is 26.8 Å². The van der Waals surface area contributed by atoms with E-state index < -0.39 is 0 Å². The SMILES string of the molecule is CC(N)c1ccc(N(C)CCOCC2CC2)cc1. The number of ether oxygens (including phenoxy) is 1. The van der Waals surface area contributed by atoms with Crippen molar-refractivity contribution in [1.82, 2.24) is 0 Å². The lowest BCUT2D eigenvalue weighted by Gasteiger charge is -2.20. The summed E-state index contributed by atoms with van der Waals surface area (Å²) in [6.07, 6.45) is 2.71. The van der Waals surface area contributed by atoms with Gasteiger partial charge in [0.2, 0.25) is 0 Å². The summed E-state index contributed by atoms with van der Waals surface area (Å²) in [4.78, 5) is 2.22. The molecule has 3 heteroatoms. The lowest BCUT2D eigenvalue weighted by Crippen LogP contribution is -2.23. The van der Waals surface area contributed by atoms with E-state index in [1.54, 1.807) is 0 Å². The maximum absolute atomic E-state index is 5.84. The molecule has 0 saturated heterocycles. The minimum Gasteiger partial charge on any atom is -0.379 e. The van der Waals surface area contributed by atoms with Crippen LogP contribution in [0.2, 0.25) is 0 Å². The Bertz CT molecular complexity index is 357. The van der Waals surface area contributed by atoms with E-state index in [9.17, 15) is 0 Å². The molecule has 0 aliphatic heterocycles.